The maximum Gasteiger partial charge on any atom is 0.324 e. The lowest BCUT2D eigenvalue weighted by molar-refractivity contribution is -0.147. The summed E-state index contributed by atoms with van der Waals surface area (Å²) in [6.45, 7) is 5.51. The fraction of sp³-hybridized carbons (Fsp3) is 0.750. The molecule has 0 aromatic carbocycles. The lowest BCUT2D eigenvalue weighted by Crippen LogP contribution is -2.26. The second kappa shape index (κ2) is 2.23. The molecule has 0 amide bonds. The van der Waals surface area contributed by atoms with Crippen LogP contribution in [0.2, 0.25) is 0 Å². The first kappa shape index (κ1) is 8.06. The minimum atomic E-state index is -0.579. The fourth-order valence-electron chi connectivity index (χ4n) is 1.19. The number of cyclic esters (lactones) is 1. The second-order valence-electron chi connectivity index (χ2n) is 3.42. The van der Waals surface area contributed by atoms with Gasteiger partial charge in [0.25, 0.3) is 0 Å². The molecule has 0 aromatic rings. The van der Waals surface area contributed by atoms with Gasteiger partial charge in [-0.3, -0.25) is 4.79 Å². The van der Waals surface area contributed by atoms with Crippen molar-refractivity contribution < 1.29 is 9.53 Å². The summed E-state index contributed by atoms with van der Waals surface area (Å²) in [5.41, 5.74) is -0.475. The summed E-state index contributed by atoms with van der Waals surface area (Å²) in [6.07, 6.45) is 0. The van der Waals surface area contributed by atoms with Crippen molar-refractivity contribution in [2.24, 2.45) is 11.8 Å². The third kappa shape index (κ3) is 1.09. The van der Waals surface area contributed by atoms with Gasteiger partial charge in [0.15, 0.2) is 0 Å². The Balaban J connectivity index is 2.90. The van der Waals surface area contributed by atoms with Crippen LogP contribution in [0.15, 0.2) is 0 Å². The van der Waals surface area contributed by atoms with Crippen molar-refractivity contribution in [3.05, 3.63) is 0 Å². The number of nitrogens with zero attached hydrogens (tertiary/aromatic N) is 1. The molecule has 1 aliphatic heterocycles. The van der Waals surface area contributed by atoms with E-state index in [9.17, 15) is 4.79 Å². The van der Waals surface area contributed by atoms with E-state index in [1.54, 1.807) is 0 Å². The molecule has 1 fully saturated rings. The Kier molecular flexibility index (Phi) is 1.63. The number of carbonyl (C=O) groups excluding carboxylic acids is 1. The molecule has 1 rings (SSSR count). The van der Waals surface area contributed by atoms with Gasteiger partial charge in [0.2, 0.25) is 0 Å². The SMILES string of the molecule is C[C@@H]1[C@@H](C#N)C(=O)OC1(C)C. The molecule has 60 valence electrons. The molecular formula is C8H11NO2. The van der Waals surface area contributed by atoms with E-state index in [1.165, 1.54) is 0 Å². The van der Waals surface area contributed by atoms with E-state index in [-0.39, 0.29) is 11.9 Å². The van der Waals surface area contributed by atoms with Gasteiger partial charge in [-0.15, -0.1) is 0 Å². The number of hydrogen-bond acceptors (Lipinski definition) is 3. The van der Waals surface area contributed by atoms with Gasteiger partial charge in [0.1, 0.15) is 11.5 Å². The molecule has 11 heavy (non-hydrogen) atoms. The van der Waals surface area contributed by atoms with E-state index < -0.39 is 11.5 Å². The average Bonchev–Trinajstić information content (AvgIpc) is 2.04. The number of rotatable bonds is 0. The molecule has 3 heteroatoms. The molecule has 0 bridgehead atoms. The molecule has 1 heterocycles. The lowest BCUT2D eigenvalue weighted by atomic mass is 9.86. The fourth-order valence-corrected chi connectivity index (χ4v) is 1.19. The number of carbonyl (C=O) groups is 1. The Hall–Kier alpha value is -1.04. The summed E-state index contributed by atoms with van der Waals surface area (Å²) in [5, 5.41) is 8.59. The summed E-state index contributed by atoms with van der Waals surface area (Å²) in [4.78, 5) is 11.0. The minimum Gasteiger partial charge on any atom is -0.458 e. The van der Waals surface area contributed by atoms with Gasteiger partial charge < -0.3 is 4.74 Å². The summed E-state index contributed by atoms with van der Waals surface area (Å²) < 4.78 is 5.00. The third-order valence-electron chi connectivity index (χ3n) is 2.35. The van der Waals surface area contributed by atoms with Gasteiger partial charge >= 0.3 is 5.97 Å². The van der Waals surface area contributed by atoms with Gasteiger partial charge in [-0.2, -0.15) is 5.26 Å². The lowest BCUT2D eigenvalue weighted by Gasteiger charge is -2.21. The monoisotopic (exact) mass is 153 g/mol. The van der Waals surface area contributed by atoms with E-state index in [2.05, 4.69) is 0 Å². The molecule has 0 spiro atoms. The number of ether oxygens (including phenoxy) is 1. The Morgan fingerprint density at radius 2 is 2.18 bits per heavy atom. The van der Waals surface area contributed by atoms with Crippen LogP contribution in [0.5, 0.6) is 0 Å². The molecule has 0 aromatic heterocycles. The van der Waals surface area contributed by atoms with Crippen molar-refractivity contribution in [3.63, 3.8) is 0 Å². The standard InChI is InChI=1S/C8H11NO2/c1-5-6(4-9)7(10)11-8(5,2)3/h5-6H,1-3H3/t5-,6-/m1/s1. The van der Waals surface area contributed by atoms with Crippen LogP contribution in [0, 0.1) is 23.2 Å². The van der Waals surface area contributed by atoms with Crippen LogP contribution >= 0.6 is 0 Å². The van der Waals surface area contributed by atoms with Gasteiger partial charge in [-0.25, -0.2) is 0 Å². The van der Waals surface area contributed by atoms with Gasteiger partial charge in [0.05, 0.1) is 6.07 Å². The Morgan fingerprint density at radius 1 is 1.64 bits per heavy atom. The zero-order chi connectivity index (χ0) is 8.65. The molecule has 1 aliphatic rings. The van der Waals surface area contributed by atoms with E-state index >= 15 is 0 Å². The molecule has 0 unspecified atom stereocenters. The maximum absolute atomic E-state index is 11.0. The maximum atomic E-state index is 11.0. The first-order chi connectivity index (χ1) is 4.99. The highest BCUT2D eigenvalue weighted by Gasteiger charge is 2.47. The summed E-state index contributed by atoms with van der Waals surface area (Å²) >= 11 is 0. The van der Waals surface area contributed by atoms with Crippen LogP contribution in [0.1, 0.15) is 20.8 Å². The van der Waals surface area contributed by atoms with E-state index in [0.717, 1.165) is 0 Å². The van der Waals surface area contributed by atoms with Crippen LogP contribution in [0.25, 0.3) is 0 Å². The molecule has 0 saturated carbocycles. The predicted octanol–water partition coefficient (Wildman–Crippen LogP) is 1.10. The van der Waals surface area contributed by atoms with Crippen LogP contribution in [-0.2, 0) is 9.53 Å². The van der Waals surface area contributed by atoms with E-state index in [4.69, 9.17) is 10.00 Å². The predicted molar refractivity (Wildman–Crippen MR) is 38.4 cm³/mol. The smallest absolute Gasteiger partial charge is 0.324 e. The van der Waals surface area contributed by atoms with Gasteiger partial charge in [-0.1, -0.05) is 6.92 Å². The summed E-state index contributed by atoms with van der Waals surface area (Å²) in [6, 6.07) is 1.94. The highest BCUT2D eigenvalue weighted by atomic mass is 16.6. The van der Waals surface area contributed by atoms with Crippen molar-refractivity contribution in [3.8, 4) is 6.07 Å². The zero-order valence-electron chi connectivity index (χ0n) is 6.92. The highest BCUT2D eigenvalue weighted by Crippen LogP contribution is 2.35. The van der Waals surface area contributed by atoms with Crippen molar-refractivity contribution in [1.82, 2.24) is 0 Å². The topological polar surface area (TPSA) is 50.1 Å². The quantitative estimate of drug-likeness (QED) is 0.489. The van der Waals surface area contributed by atoms with Gasteiger partial charge in [0, 0.05) is 5.92 Å². The van der Waals surface area contributed by atoms with Crippen LogP contribution < -0.4 is 0 Å². The largest absolute Gasteiger partial charge is 0.458 e. The highest BCUT2D eigenvalue weighted by molar-refractivity contribution is 5.78. The van der Waals surface area contributed by atoms with E-state index in [0.29, 0.717) is 0 Å². The minimum absolute atomic E-state index is 0.0139. The molecule has 0 aliphatic carbocycles. The Labute approximate surface area is 66.0 Å². The molecule has 3 nitrogen and oxygen atoms in total. The molecular weight excluding hydrogens is 142 g/mol. The number of nitriles is 1. The normalized spacial score (nSPS) is 34.5. The summed E-state index contributed by atoms with van der Waals surface area (Å²) in [5.74, 6) is -0.977. The summed E-state index contributed by atoms with van der Waals surface area (Å²) in [7, 11) is 0. The van der Waals surface area contributed by atoms with Crippen molar-refractivity contribution >= 4 is 5.97 Å². The van der Waals surface area contributed by atoms with Crippen molar-refractivity contribution in [2.45, 2.75) is 26.4 Å². The first-order valence-corrected chi connectivity index (χ1v) is 3.61. The molecule has 0 radical (unpaired) electrons. The van der Waals surface area contributed by atoms with Crippen LogP contribution in [0.4, 0.5) is 0 Å². The molecule has 0 N–H and O–H groups in total. The van der Waals surface area contributed by atoms with Crippen LogP contribution in [-0.4, -0.2) is 11.6 Å². The van der Waals surface area contributed by atoms with Crippen LogP contribution in [0.3, 0.4) is 0 Å². The first-order valence-electron chi connectivity index (χ1n) is 3.61. The number of hydrogen-bond donors (Lipinski definition) is 0. The zero-order valence-corrected chi connectivity index (χ0v) is 6.92. The van der Waals surface area contributed by atoms with Crippen molar-refractivity contribution in [1.29, 1.82) is 5.26 Å². The van der Waals surface area contributed by atoms with Gasteiger partial charge in [-0.05, 0) is 13.8 Å². The number of esters is 1. The average molecular weight is 153 g/mol. The Morgan fingerprint density at radius 3 is 2.36 bits per heavy atom. The second-order valence-corrected chi connectivity index (χ2v) is 3.42. The molecule has 2 atom stereocenters. The van der Waals surface area contributed by atoms with E-state index in [1.807, 2.05) is 26.8 Å². The molecule has 1 saturated heterocycles. The Bertz CT molecular complexity index is 227. The van der Waals surface area contributed by atoms with Crippen molar-refractivity contribution in [2.75, 3.05) is 0 Å². The third-order valence-corrected chi connectivity index (χ3v) is 2.35.